The molecule has 0 saturated heterocycles. The summed E-state index contributed by atoms with van der Waals surface area (Å²) in [7, 11) is 1.63. The summed E-state index contributed by atoms with van der Waals surface area (Å²) >= 11 is 3.53. The van der Waals surface area contributed by atoms with E-state index in [0.29, 0.717) is 6.54 Å². The van der Waals surface area contributed by atoms with Gasteiger partial charge in [0.25, 0.3) is 0 Å². The van der Waals surface area contributed by atoms with Crippen LogP contribution in [0, 0.1) is 5.92 Å². The molecule has 1 saturated carbocycles. The highest BCUT2D eigenvalue weighted by Crippen LogP contribution is 2.33. The molecular weight excluding hydrogens is 318 g/mol. The van der Waals surface area contributed by atoms with Crippen molar-refractivity contribution in [3.05, 3.63) is 35.3 Å². The summed E-state index contributed by atoms with van der Waals surface area (Å²) in [5.74, 6) is 1.13. The van der Waals surface area contributed by atoms with E-state index < -0.39 is 0 Å². The number of hydrogen-bond acceptors (Lipinski definition) is 2. The molecule has 0 bridgehead atoms. The summed E-state index contributed by atoms with van der Waals surface area (Å²) in [5.41, 5.74) is 0.877. The third-order valence-corrected chi connectivity index (χ3v) is 4.36. The van der Waals surface area contributed by atoms with Gasteiger partial charge in [0.05, 0.1) is 12.8 Å². The maximum absolute atomic E-state index is 12.7. The van der Waals surface area contributed by atoms with Gasteiger partial charge in [-0.15, -0.1) is 6.58 Å². The number of amides is 1. The first-order valence-corrected chi connectivity index (χ1v) is 7.72. The van der Waals surface area contributed by atoms with Crippen molar-refractivity contribution in [1.82, 2.24) is 0 Å². The van der Waals surface area contributed by atoms with E-state index in [2.05, 4.69) is 22.5 Å². The fraction of sp³-hybridized carbons (Fsp3) is 0.438. The Morgan fingerprint density at radius 2 is 2.20 bits per heavy atom. The van der Waals surface area contributed by atoms with Crippen molar-refractivity contribution in [1.29, 1.82) is 0 Å². The molecule has 20 heavy (non-hydrogen) atoms. The quantitative estimate of drug-likeness (QED) is 0.754. The van der Waals surface area contributed by atoms with Crippen LogP contribution in [0.1, 0.15) is 25.7 Å². The maximum Gasteiger partial charge on any atom is 0.230 e. The molecule has 0 heterocycles. The van der Waals surface area contributed by atoms with Gasteiger partial charge in [-0.2, -0.15) is 0 Å². The highest BCUT2D eigenvalue weighted by atomic mass is 79.9. The molecular formula is C16H20BrNO2. The second kappa shape index (κ2) is 6.93. The number of rotatable bonds is 5. The molecule has 3 nitrogen and oxygen atoms in total. The summed E-state index contributed by atoms with van der Waals surface area (Å²) in [4.78, 5) is 14.5. The van der Waals surface area contributed by atoms with Gasteiger partial charge in [-0.25, -0.2) is 0 Å². The topological polar surface area (TPSA) is 29.5 Å². The lowest BCUT2D eigenvalue weighted by Gasteiger charge is -2.25. The van der Waals surface area contributed by atoms with Crippen molar-refractivity contribution < 1.29 is 9.53 Å². The van der Waals surface area contributed by atoms with Gasteiger partial charge in [0.1, 0.15) is 5.75 Å². The van der Waals surface area contributed by atoms with Crippen molar-refractivity contribution in [3.8, 4) is 5.75 Å². The molecule has 0 radical (unpaired) electrons. The first-order chi connectivity index (χ1) is 9.67. The van der Waals surface area contributed by atoms with Crippen molar-refractivity contribution in [2.75, 3.05) is 18.6 Å². The zero-order valence-electron chi connectivity index (χ0n) is 11.8. The Kier molecular flexibility index (Phi) is 5.24. The summed E-state index contributed by atoms with van der Waals surface area (Å²) < 4.78 is 6.06. The molecule has 0 spiro atoms. The van der Waals surface area contributed by atoms with Gasteiger partial charge < -0.3 is 9.64 Å². The fourth-order valence-corrected chi connectivity index (χ4v) is 3.23. The molecule has 1 fully saturated rings. The van der Waals surface area contributed by atoms with Gasteiger partial charge in [0.2, 0.25) is 5.91 Å². The molecule has 1 amide bonds. The fourth-order valence-electron chi connectivity index (χ4n) is 2.66. The Morgan fingerprint density at radius 3 is 2.75 bits per heavy atom. The third-order valence-electron chi connectivity index (χ3n) is 3.73. The predicted molar refractivity (Wildman–Crippen MR) is 85.2 cm³/mol. The van der Waals surface area contributed by atoms with Crippen molar-refractivity contribution in [2.24, 2.45) is 5.92 Å². The van der Waals surface area contributed by atoms with Gasteiger partial charge in [-0.3, -0.25) is 4.79 Å². The van der Waals surface area contributed by atoms with Gasteiger partial charge in [-0.05, 0) is 47.0 Å². The Hall–Kier alpha value is -1.29. The van der Waals surface area contributed by atoms with Crippen molar-refractivity contribution in [3.63, 3.8) is 0 Å². The summed E-state index contributed by atoms with van der Waals surface area (Å²) in [5, 5.41) is 0. The summed E-state index contributed by atoms with van der Waals surface area (Å²) in [6.07, 6.45) is 6.08. The zero-order chi connectivity index (χ0) is 14.5. The van der Waals surface area contributed by atoms with Crippen LogP contribution in [-0.4, -0.2) is 19.6 Å². The Morgan fingerprint density at radius 1 is 1.50 bits per heavy atom. The van der Waals surface area contributed by atoms with Crippen LogP contribution < -0.4 is 9.64 Å². The van der Waals surface area contributed by atoms with E-state index in [1.807, 2.05) is 23.1 Å². The largest absolute Gasteiger partial charge is 0.497 e. The molecule has 1 aliphatic rings. The van der Waals surface area contributed by atoms with Crippen molar-refractivity contribution >= 4 is 27.5 Å². The average Bonchev–Trinajstić information content (AvgIpc) is 2.98. The molecule has 1 aromatic carbocycles. The molecule has 0 N–H and O–H groups in total. The highest BCUT2D eigenvalue weighted by Gasteiger charge is 2.28. The number of carbonyl (C=O) groups is 1. The van der Waals surface area contributed by atoms with Crippen LogP contribution in [0.4, 0.5) is 5.69 Å². The number of methoxy groups -OCH3 is 1. The van der Waals surface area contributed by atoms with E-state index in [0.717, 1.165) is 41.6 Å². The molecule has 2 rings (SSSR count). The van der Waals surface area contributed by atoms with E-state index in [1.54, 1.807) is 13.2 Å². The van der Waals surface area contributed by atoms with Crippen LogP contribution in [0.3, 0.4) is 0 Å². The number of anilines is 1. The van der Waals surface area contributed by atoms with E-state index in [9.17, 15) is 4.79 Å². The minimum atomic E-state index is 0.156. The van der Waals surface area contributed by atoms with Gasteiger partial charge in [0, 0.05) is 16.9 Å². The molecule has 4 heteroatoms. The van der Waals surface area contributed by atoms with E-state index in [-0.39, 0.29) is 11.8 Å². The minimum absolute atomic E-state index is 0.156. The normalized spacial score (nSPS) is 15.1. The number of ether oxygens (including phenoxy) is 1. The summed E-state index contributed by atoms with van der Waals surface area (Å²) in [6, 6.07) is 5.67. The molecule has 0 atom stereocenters. The lowest BCUT2D eigenvalue weighted by molar-refractivity contribution is -0.122. The first kappa shape index (κ1) is 15.1. The second-order valence-corrected chi connectivity index (χ2v) is 5.89. The first-order valence-electron chi connectivity index (χ1n) is 6.93. The third kappa shape index (κ3) is 3.23. The number of nitrogens with zero attached hydrogens (tertiary/aromatic N) is 1. The Bertz CT molecular complexity index is 495. The monoisotopic (exact) mass is 337 g/mol. The maximum atomic E-state index is 12.7. The van der Waals surface area contributed by atoms with Crippen molar-refractivity contribution in [2.45, 2.75) is 25.7 Å². The number of hydrogen-bond donors (Lipinski definition) is 0. The molecule has 1 aliphatic carbocycles. The molecule has 0 aromatic heterocycles. The van der Waals surface area contributed by atoms with E-state index in [4.69, 9.17) is 4.74 Å². The Labute approximate surface area is 128 Å². The molecule has 0 aliphatic heterocycles. The van der Waals surface area contributed by atoms with Gasteiger partial charge in [0.15, 0.2) is 0 Å². The van der Waals surface area contributed by atoms with Gasteiger partial charge >= 0.3 is 0 Å². The standard InChI is InChI=1S/C16H20BrNO2/c1-3-10-18(16(19)12-6-4-5-7-12)15-9-8-13(20-2)11-14(15)17/h3,8-9,11-12H,1,4-7,10H2,2H3. The van der Waals surface area contributed by atoms with Crippen LogP contribution in [0.25, 0.3) is 0 Å². The minimum Gasteiger partial charge on any atom is -0.497 e. The van der Waals surface area contributed by atoms with Crippen LogP contribution in [-0.2, 0) is 4.79 Å². The SMILES string of the molecule is C=CCN(C(=O)C1CCCC1)c1ccc(OC)cc1Br. The number of carbonyl (C=O) groups excluding carboxylic acids is 1. The lowest BCUT2D eigenvalue weighted by atomic mass is 10.1. The average molecular weight is 338 g/mol. The molecule has 1 aromatic rings. The number of benzene rings is 1. The molecule has 108 valence electrons. The smallest absolute Gasteiger partial charge is 0.230 e. The van der Waals surface area contributed by atoms with Gasteiger partial charge in [-0.1, -0.05) is 18.9 Å². The van der Waals surface area contributed by atoms with E-state index >= 15 is 0 Å². The lowest BCUT2D eigenvalue weighted by Crippen LogP contribution is -2.35. The van der Waals surface area contributed by atoms with Crippen LogP contribution in [0.15, 0.2) is 35.3 Å². The van der Waals surface area contributed by atoms with Crippen LogP contribution in [0.2, 0.25) is 0 Å². The van der Waals surface area contributed by atoms with Crippen LogP contribution >= 0.6 is 15.9 Å². The summed E-state index contributed by atoms with van der Waals surface area (Å²) in [6.45, 7) is 4.29. The van der Waals surface area contributed by atoms with Crippen LogP contribution in [0.5, 0.6) is 5.75 Å². The number of halogens is 1. The zero-order valence-corrected chi connectivity index (χ0v) is 13.4. The second-order valence-electron chi connectivity index (χ2n) is 5.04. The van der Waals surface area contributed by atoms with E-state index in [1.165, 1.54) is 0 Å². The Balaban J connectivity index is 2.27. The highest BCUT2D eigenvalue weighted by molar-refractivity contribution is 9.10. The predicted octanol–water partition coefficient (Wildman–Crippen LogP) is 4.17. The molecule has 0 unspecified atom stereocenters.